The van der Waals surface area contributed by atoms with Crippen LogP contribution in [0.5, 0.6) is 0 Å². The summed E-state index contributed by atoms with van der Waals surface area (Å²) in [5, 5.41) is 10.7. The summed E-state index contributed by atoms with van der Waals surface area (Å²) in [7, 11) is 0. The van der Waals surface area contributed by atoms with E-state index in [4.69, 9.17) is 0 Å². The Kier molecular flexibility index (Phi) is 2.66. The minimum Gasteiger partial charge on any atom is -0.389 e. The summed E-state index contributed by atoms with van der Waals surface area (Å²) in [4.78, 5) is 1.21. The Bertz CT molecular complexity index is 411. The fourth-order valence-corrected chi connectivity index (χ4v) is 2.54. The Morgan fingerprint density at radius 2 is 2.21 bits per heavy atom. The lowest BCUT2D eigenvalue weighted by atomic mass is 10.2. The number of hydrogen-bond acceptors (Lipinski definition) is 2. The number of aliphatic hydroxyl groups excluding tert-OH is 1. The molecule has 0 spiro atoms. The van der Waals surface area contributed by atoms with Crippen molar-refractivity contribution < 1.29 is 5.11 Å². The molecule has 0 bridgehead atoms. The van der Waals surface area contributed by atoms with Gasteiger partial charge in [-0.05, 0) is 17.5 Å². The van der Waals surface area contributed by atoms with Gasteiger partial charge in [-0.3, -0.25) is 0 Å². The average molecular weight is 204 g/mol. The van der Waals surface area contributed by atoms with Crippen molar-refractivity contribution >= 4 is 21.4 Å². The van der Waals surface area contributed by atoms with Crippen LogP contribution >= 0.6 is 11.3 Å². The van der Waals surface area contributed by atoms with Crippen LogP contribution in [-0.4, -0.2) is 11.2 Å². The van der Waals surface area contributed by atoms with E-state index >= 15 is 0 Å². The molecule has 0 aliphatic heterocycles. The highest BCUT2D eigenvalue weighted by atomic mass is 32.1. The Balaban J connectivity index is 2.31. The molecule has 14 heavy (non-hydrogen) atoms. The molecule has 1 N–H and O–H groups in total. The standard InChI is InChI=1S/C12H12OS/c1-2-10(13)8-11-7-9-5-3-4-6-12(9)14-11/h2-7,10,13H,1,8H2. The predicted molar refractivity (Wildman–Crippen MR) is 61.7 cm³/mol. The molecule has 0 fully saturated rings. The van der Waals surface area contributed by atoms with E-state index in [9.17, 15) is 5.11 Å². The van der Waals surface area contributed by atoms with Gasteiger partial charge in [-0.15, -0.1) is 17.9 Å². The van der Waals surface area contributed by atoms with E-state index in [-0.39, 0.29) is 0 Å². The second-order valence-corrected chi connectivity index (χ2v) is 4.43. The van der Waals surface area contributed by atoms with Gasteiger partial charge in [0, 0.05) is 16.0 Å². The minimum atomic E-state index is -0.428. The zero-order chi connectivity index (χ0) is 9.97. The highest BCUT2D eigenvalue weighted by molar-refractivity contribution is 7.19. The molecule has 72 valence electrons. The van der Waals surface area contributed by atoms with E-state index in [1.54, 1.807) is 17.4 Å². The summed E-state index contributed by atoms with van der Waals surface area (Å²) in [6.45, 7) is 3.57. The molecule has 0 saturated heterocycles. The zero-order valence-corrected chi connectivity index (χ0v) is 8.63. The Morgan fingerprint density at radius 3 is 2.93 bits per heavy atom. The van der Waals surface area contributed by atoms with Gasteiger partial charge in [-0.25, -0.2) is 0 Å². The third-order valence-electron chi connectivity index (χ3n) is 2.16. The van der Waals surface area contributed by atoms with Gasteiger partial charge < -0.3 is 5.11 Å². The molecule has 1 aromatic carbocycles. The first kappa shape index (κ1) is 9.44. The first-order valence-electron chi connectivity index (χ1n) is 4.57. The highest BCUT2D eigenvalue weighted by Gasteiger charge is 2.04. The van der Waals surface area contributed by atoms with Crippen LogP contribution in [0.2, 0.25) is 0 Å². The van der Waals surface area contributed by atoms with Crippen molar-refractivity contribution in [3.63, 3.8) is 0 Å². The van der Waals surface area contributed by atoms with E-state index in [0.29, 0.717) is 6.42 Å². The van der Waals surface area contributed by atoms with Crippen LogP contribution in [0.4, 0.5) is 0 Å². The maximum Gasteiger partial charge on any atom is 0.0766 e. The van der Waals surface area contributed by atoms with E-state index in [1.165, 1.54) is 15.0 Å². The van der Waals surface area contributed by atoms with Crippen molar-refractivity contribution in [3.8, 4) is 0 Å². The number of aliphatic hydroxyl groups is 1. The van der Waals surface area contributed by atoms with Crippen molar-refractivity contribution in [2.24, 2.45) is 0 Å². The molecule has 0 aliphatic carbocycles. The van der Waals surface area contributed by atoms with Gasteiger partial charge >= 0.3 is 0 Å². The fraction of sp³-hybridized carbons (Fsp3) is 0.167. The summed E-state index contributed by atoms with van der Waals surface area (Å²) in [5.74, 6) is 0. The predicted octanol–water partition coefficient (Wildman–Crippen LogP) is 2.99. The van der Waals surface area contributed by atoms with Gasteiger partial charge in [0.1, 0.15) is 0 Å². The van der Waals surface area contributed by atoms with Gasteiger partial charge in [0.2, 0.25) is 0 Å². The molecule has 0 amide bonds. The van der Waals surface area contributed by atoms with E-state index in [2.05, 4.69) is 24.8 Å². The van der Waals surface area contributed by atoms with Crippen LogP contribution in [0.15, 0.2) is 43.0 Å². The van der Waals surface area contributed by atoms with Crippen molar-refractivity contribution in [1.29, 1.82) is 0 Å². The van der Waals surface area contributed by atoms with Crippen molar-refractivity contribution in [2.45, 2.75) is 12.5 Å². The highest BCUT2D eigenvalue weighted by Crippen LogP contribution is 2.26. The van der Waals surface area contributed by atoms with E-state index < -0.39 is 6.10 Å². The summed E-state index contributed by atoms with van der Waals surface area (Å²) in [5.41, 5.74) is 0. The van der Waals surface area contributed by atoms with Crippen molar-refractivity contribution in [3.05, 3.63) is 47.9 Å². The molecule has 1 unspecified atom stereocenters. The number of thiophene rings is 1. The summed E-state index contributed by atoms with van der Waals surface area (Å²) in [6.07, 6.45) is 1.82. The maximum absolute atomic E-state index is 9.43. The first-order chi connectivity index (χ1) is 6.79. The molecule has 0 saturated carbocycles. The lowest BCUT2D eigenvalue weighted by Gasteiger charge is -2.00. The van der Waals surface area contributed by atoms with Crippen LogP contribution in [0, 0.1) is 0 Å². The number of fused-ring (bicyclic) bond motifs is 1. The monoisotopic (exact) mass is 204 g/mol. The molecule has 0 radical (unpaired) electrons. The molecule has 1 aromatic heterocycles. The van der Waals surface area contributed by atoms with E-state index in [0.717, 1.165) is 0 Å². The number of hydrogen-bond donors (Lipinski definition) is 1. The average Bonchev–Trinajstić information content (AvgIpc) is 2.59. The van der Waals surface area contributed by atoms with Gasteiger partial charge in [-0.1, -0.05) is 24.3 Å². The van der Waals surface area contributed by atoms with E-state index in [1.807, 2.05) is 12.1 Å². The van der Waals surface area contributed by atoms with Crippen LogP contribution in [0.3, 0.4) is 0 Å². The Morgan fingerprint density at radius 1 is 1.43 bits per heavy atom. The normalized spacial score (nSPS) is 12.9. The molecular weight excluding hydrogens is 192 g/mol. The summed E-state index contributed by atoms with van der Waals surface area (Å²) < 4.78 is 1.28. The van der Waals surface area contributed by atoms with Crippen LogP contribution in [0.1, 0.15) is 4.88 Å². The van der Waals surface area contributed by atoms with Crippen molar-refractivity contribution in [1.82, 2.24) is 0 Å². The van der Waals surface area contributed by atoms with Gasteiger partial charge in [-0.2, -0.15) is 0 Å². The minimum absolute atomic E-state index is 0.428. The Hall–Kier alpha value is -1.12. The van der Waals surface area contributed by atoms with Gasteiger partial charge in [0.05, 0.1) is 6.10 Å². The maximum atomic E-state index is 9.43. The van der Waals surface area contributed by atoms with Crippen molar-refractivity contribution in [2.75, 3.05) is 0 Å². The SMILES string of the molecule is C=CC(O)Cc1cc2ccccc2s1. The number of rotatable bonds is 3. The second-order valence-electron chi connectivity index (χ2n) is 3.26. The zero-order valence-electron chi connectivity index (χ0n) is 7.81. The topological polar surface area (TPSA) is 20.2 Å². The fourth-order valence-electron chi connectivity index (χ4n) is 1.43. The molecule has 2 rings (SSSR count). The smallest absolute Gasteiger partial charge is 0.0766 e. The molecule has 2 heteroatoms. The molecule has 1 nitrogen and oxygen atoms in total. The molecule has 1 heterocycles. The first-order valence-corrected chi connectivity index (χ1v) is 5.39. The lowest BCUT2D eigenvalue weighted by molar-refractivity contribution is 0.225. The van der Waals surface area contributed by atoms with Crippen LogP contribution in [0.25, 0.3) is 10.1 Å². The molecule has 1 atom stereocenters. The number of benzene rings is 1. The molecule has 2 aromatic rings. The van der Waals surface area contributed by atoms with Gasteiger partial charge in [0.15, 0.2) is 0 Å². The molecule has 0 aliphatic rings. The largest absolute Gasteiger partial charge is 0.389 e. The third-order valence-corrected chi connectivity index (χ3v) is 3.30. The van der Waals surface area contributed by atoms with Crippen LogP contribution < -0.4 is 0 Å². The van der Waals surface area contributed by atoms with Gasteiger partial charge in [0.25, 0.3) is 0 Å². The second kappa shape index (κ2) is 3.95. The quantitative estimate of drug-likeness (QED) is 0.762. The summed E-state index contributed by atoms with van der Waals surface area (Å²) >= 11 is 1.73. The summed E-state index contributed by atoms with van der Waals surface area (Å²) in [6, 6.07) is 10.4. The lowest BCUT2D eigenvalue weighted by Crippen LogP contribution is -2.03. The third kappa shape index (κ3) is 1.86. The molecular formula is C12H12OS. The van der Waals surface area contributed by atoms with Crippen LogP contribution in [-0.2, 0) is 6.42 Å². The Labute approximate surface area is 87.3 Å².